The van der Waals surface area contributed by atoms with Gasteiger partial charge in [-0.25, -0.2) is 13.9 Å². The number of methoxy groups -OCH3 is 1. The van der Waals surface area contributed by atoms with E-state index in [1.165, 1.54) is 12.1 Å². The molecule has 0 spiro atoms. The van der Waals surface area contributed by atoms with Crippen molar-refractivity contribution in [2.24, 2.45) is 0 Å². The van der Waals surface area contributed by atoms with E-state index in [2.05, 4.69) is 10.1 Å². The molecule has 0 unspecified atom stereocenters. The molecule has 0 aliphatic heterocycles. The number of fused-ring (bicyclic) bond motifs is 3. The molecule has 0 atom stereocenters. The van der Waals surface area contributed by atoms with Crippen molar-refractivity contribution in [2.75, 3.05) is 7.11 Å². The fourth-order valence-electron chi connectivity index (χ4n) is 4.35. The molecule has 29 heavy (non-hydrogen) atoms. The van der Waals surface area contributed by atoms with Gasteiger partial charge in [0.05, 0.1) is 28.8 Å². The van der Waals surface area contributed by atoms with Crippen LogP contribution in [0.1, 0.15) is 37.4 Å². The Labute approximate surface area is 166 Å². The third-order valence-corrected chi connectivity index (χ3v) is 5.74. The molecular formula is C22H21FN4O2. The number of hydrogen-bond acceptors (Lipinski definition) is 4. The Morgan fingerprint density at radius 3 is 2.66 bits per heavy atom. The van der Waals surface area contributed by atoms with Crippen LogP contribution in [0, 0.1) is 5.82 Å². The van der Waals surface area contributed by atoms with Gasteiger partial charge in [0.25, 0.3) is 5.56 Å². The van der Waals surface area contributed by atoms with E-state index in [1.54, 1.807) is 30.0 Å². The SMILES string of the molecule is COCc1nn2c(ncc3c(=O)n(C4CCCC4)ccc32)c1-c1ccc(F)cc1. The number of benzene rings is 1. The Morgan fingerprint density at radius 2 is 1.93 bits per heavy atom. The molecule has 3 heterocycles. The van der Waals surface area contributed by atoms with Crippen LogP contribution in [0.5, 0.6) is 0 Å². The Kier molecular flexibility index (Phi) is 4.39. The molecule has 6 nitrogen and oxygen atoms in total. The zero-order valence-electron chi connectivity index (χ0n) is 16.1. The van der Waals surface area contributed by atoms with Gasteiger partial charge in [0.15, 0.2) is 5.65 Å². The summed E-state index contributed by atoms with van der Waals surface area (Å²) in [6.07, 6.45) is 7.89. The first-order chi connectivity index (χ1) is 14.2. The first kappa shape index (κ1) is 18.0. The van der Waals surface area contributed by atoms with Gasteiger partial charge in [-0.15, -0.1) is 0 Å². The lowest BCUT2D eigenvalue weighted by atomic mass is 10.1. The number of halogens is 1. The van der Waals surface area contributed by atoms with Gasteiger partial charge in [0.2, 0.25) is 0 Å². The van der Waals surface area contributed by atoms with E-state index in [0.717, 1.165) is 36.8 Å². The largest absolute Gasteiger partial charge is 0.378 e. The molecule has 1 saturated carbocycles. The molecule has 0 N–H and O–H groups in total. The number of rotatable bonds is 4. The molecule has 0 saturated heterocycles. The summed E-state index contributed by atoms with van der Waals surface area (Å²) in [4.78, 5) is 17.7. The zero-order valence-corrected chi connectivity index (χ0v) is 16.1. The van der Waals surface area contributed by atoms with E-state index in [4.69, 9.17) is 4.74 Å². The molecule has 1 aliphatic carbocycles. The average molecular weight is 392 g/mol. The van der Waals surface area contributed by atoms with E-state index in [-0.39, 0.29) is 24.0 Å². The van der Waals surface area contributed by atoms with Crippen LogP contribution < -0.4 is 5.56 Å². The fraction of sp³-hybridized carbons (Fsp3) is 0.318. The van der Waals surface area contributed by atoms with Crippen molar-refractivity contribution < 1.29 is 9.13 Å². The molecule has 0 radical (unpaired) electrons. The van der Waals surface area contributed by atoms with Crippen molar-refractivity contribution in [3.05, 3.63) is 64.6 Å². The van der Waals surface area contributed by atoms with Crippen molar-refractivity contribution in [3.63, 3.8) is 0 Å². The zero-order chi connectivity index (χ0) is 20.0. The topological polar surface area (TPSA) is 61.4 Å². The van der Waals surface area contributed by atoms with Gasteiger partial charge >= 0.3 is 0 Å². The maximum Gasteiger partial charge on any atom is 0.261 e. The predicted octanol–water partition coefficient (Wildman–Crippen LogP) is 4.11. The van der Waals surface area contributed by atoms with Crippen LogP contribution in [0.4, 0.5) is 4.39 Å². The van der Waals surface area contributed by atoms with Crippen LogP contribution in [0.25, 0.3) is 27.7 Å². The number of ether oxygens (including phenoxy) is 1. The molecule has 3 aromatic heterocycles. The van der Waals surface area contributed by atoms with E-state index >= 15 is 0 Å². The number of hydrogen-bond donors (Lipinski definition) is 0. The quantitative estimate of drug-likeness (QED) is 0.524. The van der Waals surface area contributed by atoms with E-state index in [9.17, 15) is 9.18 Å². The summed E-state index contributed by atoms with van der Waals surface area (Å²) in [5.74, 6) is -0.301. The maximum atomic E-state index is 13.4. The second-order valence-corrected chi connectivity index (χ2v) is 7.52. The monoisotopic (exact) mass is 392 g/mol. The Balaban J connectivity index is 1.75. The predicted molar refractivity (Wildman–Crippen MR) is 108 cm³/mol. The summed E-state index contributed by atoms with van der Waals surface area (Å²) in [7, 11) is 1.60. The van der Waals surface area contributed by atoms with Gasteiger partial charge in [0, 0.05) is 25.5 Å². The summed E-state index contributed by atoms with van der Waals surface area (Å²) in [6, 6.07) is 8.43. The first-order valence-corrected chi connectivity index (χ1v) is 9.83. The molecule has 1 fully saturated rings. The minimum absolute atomic E-state index is 0.0316. The highest BCUT2D eigenvalue weighted by atomic mass is 19.1. The van der Waals surface area contributed by atoms with Gasteiger partial charge in [-0.3, -0.25) is 4.79 Å². The molecular weight excluding hydrogens is 371 g/mol. The highest BCUT2D eigenvalue weighted by Gasteiger charge is 2.21. The van der Waals surface area contributed by atoms with Crippen LogP contribution in [0.2, 0.25) is 0 Å². The van der Waals surface area contributed by atoms with Crippen molar-refractivity contribution in [2.45, 2.75) is 38.3 Å². The van der Waals surface area contributed by atoms with Gasteiger partial charge in [0.1, 0.15) is 5.82 Å². The third kappa shape index (κ3) is 2.93. The lowest BCUT2D eigenvalue weighted by molar-refractivity contribution is 0.181. The van der Waals surface area contributed by atoms with Crippen LogP contribution in [-0.4, -0.2) is 26.3 Å². The highest BCUT2D eigenvalue weighted by molar-refractivity contribution is 5.86. The molecule has 1 aliphatic rings. The van der Waals surface area contributed by atoms with Gasteiger partial charge in [-0.2, -0.15) is 5.10 Å². The van der Waals surface area contributed by atoms with Gasteiger partial charge in [-0.1, -0.05) is 25.0 Å². The van der Waals surface area contributed by atoms with Crippen molar-refractivity contribution >= 4 is 16.6 Å². The van der Waals surface area contributed by atoms with Crippen LogP contribution >= 0.6 is 0 Å². The summed E-state index contributed by atoms with van der Waals surface area (Å²) in [5, 5.41) is 5.23. The summed E-state index contributed by atoms with van der Waals surface area (Å²) in [5.41, 5.74) is 3.58. The van der Waals surface area contributed by atoms with Crippen LogP contribution in [0.15, 0.2) is 47.5 Å². The van der Waals surface area contributed by atoms with Gasteiger partial charge in [-0.05, 0) is 36.6 Å². The minimum atomic E-state index is -0.301. The minimum Gasteiger partial charge on any atom is -0.378 e. The van der Waals surface area contributed by atoms with E-state index in [1.807, 2.05) is 16.8 Å². The van der Waals surface area contributed by atoms with Crippen LogP contribution in [-0.2, 0) is 11.3 Å². The fourth-order valence-corrected chi connectivity index (χ4v) is 4.35. The number of pyridine rings is 1. The Bertz CT molecular complexity index is 1250. The number of aromatic nitrogens is 4. The highest BCUT2D eigenvalue weighted by Crippen LogP contribution is 2.31. The molecule has 1 aromatic carbocycles. The van der Waals surface area contributed by atoms with Gasteiger partial charge < -0.3 is 9.30 Å². The average Bonchev–Trinajstić information content (AvgIpc) is 3.37. The van der Waals surface area contributed by atoms with E-state index < -0.39 is 0 Å². The lowest BCUT2D eigenvalue weighted by Gasteiger charge is -2.14. The van der Waals surface area contributed by atoms with E-state index in [0.29, 0.717) is 22.2 Å². The Morgan fingerprint density at radius 1 is 1.17 bits per heavy atom. The molecule has 4 aromatic rings. The molecule has 148 valence electrons. The normalized spacial score (nSPS) is 15.0. The summed E-state index contributed by atoms with van der Waals surface area (Å²) in [6.45, 7) is 0.288. The molecule has 0 bridgehead atoms. The first-order valence-electron chi connectivity index (χ1n) is 9.83. The lowest BCUT2D eigenvalue weighted by Crippen LogP contribution is -2.23. The van der Waals surface area contributed by atoms with Crippen LogP contribution in [0.3, 0.4) is 0 Å². The second-order valence-electron chi connectivity index (χ2n) is 7.52. The maximum absolute atomic E-state index is 13.4. The smallest absolute Gasteiger partial charge is 0.261 e. The summed E-state index contributed by atoms with van der Waals surface area (Å²) < 4.78 is 22.3. The summed E-state index contributed by atoms with van der Waals surface area (Å²) >= 11 is 0. The number of nitrogens with zero attached hydrogens (tertiary/aromatic N) is 4. The molecule has 7 heteroatoms. The molecule has 5 rings (SSSR count). The van der Waals surface area contributed by atoms with Crippen molar-refractivity contribution in [1.29, 1.82) is 0 Å². The third-order valence-electron chi connectivity index (χ3n) is 5.74. The standard InChI is InChI=1S/C22H21FN4O2/c1-29-13-18-20(14-6-8-15(23)9-7-14)21-24-12-17-19(27(21)25-18)10-11-26(22(17)28)16-4-2-3-5-16/h6-12,16H,2-5,13H2,1H3. The Hall–Kier alpha value is -3.06. The molecule has 0 amide bonds. The van der Waals surface area contributed by atoms with Crippen molar-refractivity contribution in [1.82, 2.24) is 19.2 Å². The van der Waals surface area contributed by atoms with Crippen molar-refractivity contribution in [3.8, 4) is 11.1 Å². The second kappa shape index (κ2) is 7.08.